The Morgan fingerprint density at radius 1 is 1.50 bits per heavy atom. The topological polar surface area (TPSA) is 70.0 Å². The van der Waals surface area contributed by atoms with Gasteiger partial charge in [0.2, 0.25) is 10.0 Å². The predicted octanol–water partition coefficient (Wildman–Crippen LogP) is 1.88. The molecule has 0 bridgehead atoms. The Bertz CT molecular complexity index is 525. The van der Waals surface area contributed by atoms with Gasteiger partial charge in [0.1, 0.15) is 4.90 Å². The van der Waals surface area contributed by atoms with E-state index in [9.17, 15) is 8.42 Å². The lowest BCUT2D eigenvalue weighted by molar-refractivity contribution is 0.584. The molecule has 0 aromatic heterocycles. The molecule has 16 heavy (non-hydrogen) atoms. The van der Waals surface area contributed by atoms with Gasteiger partial charge in [0.05, 0.1) is 16.7 Å². The van der Waals surface area contributed by atoms with Crippen LogP contribution in [0.4, 0.5) is 0 Å². The van der Waals surface area contributed by atoms with E-state index in [0.29, 0.717) is 5.33 Å². The number of nitriles is 1. The molecule has 1 N–H and O–H groups in total. The lowest BCUT2D eigenvalue weighted by Crippen LogP contribution is -2.25. The van der Waals surface area contributed by atoms with Gasteiger partial charge in [-0.2, -0.15) is 5.26 Å². The lowest BCUT2D eigenvalue weighted by Gasteiger charge is -2.07. The second kappa shape index (κ2) is 5.64. The molecule has 4 nitrogen and oxygen atoms in total. The minimum Gasteiger partial charge on any atom is -0.210 e. The van der Waals surface area contributed by atoms with Gasteiger partial charge < -0.3 is 0 Å². The van der Waals surface area contributed by atoms with E-state index < -0.39 is 10.0 Å². The molecule has 0 atom stereocenters. The number of alkyl halides is 1. The monoisotopic (exact) mass is 322 g/mol. The van der Waals surface area contributed by atoms with E-state index in [0.717, 1.165) is 0 Å². The van der Waals surface area contributed by atoms with Crippen LogP contribution in [-0.4, -0.2) is 20.3 Å². The summed E-state index contributed by atoms with van der Waals surface area (Å²) in [5, 5.41) is 9.28. The smallest absolute Gasteiger partial charge is 0.210 e. The molecule has 0 aliphatic rings. The summed E-state index contributed by atoms with van der Waals surface area (Å²) in [4.78, 5) is -0.0748. The average molecular weight is 324 g/mol. The second-order valence-electron chi connectivity index (χ2n) is 2.84. The Balaban J connectivity index is 3.17. The van der Waals surface area contributed by atoms with E-state index in [4.69, 9.17) is 16.9 Å². The number of sulfonamides is 1. The summed E-state index contributed by atoms with van der Waals surface area (Å²) in [5.74, 6) is 0. The third-order valence-electron chi connectivity index (χ3n) is 1.74. The van der Waals surface area contributed by atoms with Crippen molar-refractivity contribution in [2.24, 2.45) is 0 Å². The first-order valence-corrected chi connectivity index (χ1v) is 7.25. The number of hydrogen-bond acceptors (Lipinski definition) is 3. The average Bonchev–Trinajstić information content (AvgIpc) is 2.27. The molecule has 7 heteroatoms. The van der Waals surface area contributed by atoms with E-state index in [2.05, 4.69) is 20.7 Å². The molecule has 0 amide bonds. The largest absolute Gasteiger partial charge is 0.242 e. The van der Waals surface area contributed by atoms with Crippen LogP contribution in [0.5, 0.6) is 0 Å². The third-order valence-corrected chi connectivity index (χ3v) is 4.08. The molecule has 0 saturated carbocycles. The van der Waals surface area contributed by atoms with E-state index >= 15 is 0 Å². The summed E-state index contributed by atoms with van der Waals surface area (Å²) in [6, 6.07) is 5.97. The summed E-state index contributed by atoms with van der Waals surface area (Å²) < 4.78 is 25.9. The van der Waals surface area contributed by atoms with Crippen molar-refractivity contribution in [3.8, 4) is 6.07 Å². The van der Waals surface area contributed by atoms with Crippen molar-refractivity contribution in [3.63, 3.8) is 0 Å². The van der Waals surface area contributed by atoms with Crippen molar-refractivity contribution >= 4 is 37.6 Å². The van der Waals surface area contributed by atoms with Gasteiger partial charge in [0.15, 0.2) is 0 Å². The van der Waals surface area contributed by atoms with Gasteiger partial charge in [-0.05, 0) is 18.2 Å². The zero-order valence-corrected chi connectivity index (χ0v) is 11.2. The summed E-state index contributed by atoms with van der Waals surface area (Å²) in [6.07, 6.45) is 0. The third kappa shape index (κ3) is 3.19. The Kier molecular flexibility index (Phi) is 4.74. The molecule has 1 aromatic carbocycles. The number of nitrogens with zero attached hydrogens (tertiary/aromatic N) is 1. The van der Waals surface area contributed by atoms with E-state index in [1.54, 1.807) is 0 Å². The van der Waals surface area contributed by atoms with Crippen LogP contribution in [-0.2, 0) is 10.0 Å². The first-order chi connectivity index (χ1) is 7.51. The van der Waals surface area contributed by atoms with E-state index in [1.165, 1.54) is 18.2 Å². The highest BCUT2D eigenvalue weighted by molar-refractivity contribution is 9.09. The molecule has 0 radical (unpaired) electrons. The van der Waals surface area contributed by atoms with Crippen LogP contribution in [0.2, 0.25) is 5.02 Å². The maximum Gasteiger partial charge on any atom is 0.242 e. The molecule has 1 rings (SSSR count). The highest BCUT2D eigenvalue weighted by atomic mass is 79.9. The Morgan fingerprint density at radius 2 is 2.19 bits per heavy atom. The molecule has 0 unspecified atom stereocenters. The van der Waals surface area contributed by atoms with Crippen molar-refractivity contribution < 1.29 is 8.42 Å². The van der Waals surface area contributed by atoms with Crippen molar-refractivity contribution in [2.45, 2.75) is 4.90 Å². The summed E-state index contributed by atoms with van der Waals surface area (Å²) in [7, 11) is -3.65. The van der Waals surface area contributed by atoms with Crippen LogP contribution in [0, 0.1) is 11.3 Å². The lowest BCUT2D eigenvalue weighted by atomic mass is 10.2. The van der Waals surface area contributed by atoms with Crippen molar-refractivity contribution in [3.05, 3.63) is 28.8 Å². The number of hydrogen-bond donors (Lipinski definition) is 1. The van der Waals surface area contributed by atoms with Crippen LogP contribution in [0.25, 0.3) is 0 Å². The molecule has 0 heterocycles. The van der Waals surface area contributed by atoms with Gasteiger partial charge in [-0.1, -0.05) is 27.5 Å². The van der Waals surface area contributed by atoms with Gasteiger partial charge in [0, 0.05) is 11.9 Å². The normalized spacial score (nSPS) is 11.1. The minimum atomic E-state index is -3.65. The molecular formula is C9H8BrClN2O2S. The Morgan fingerprint density at radius 3 is 2.75 bits per heavy atom. The zero-order chi connectivity index (χ0) is 12.2. The molecule has 0 fully saturated rings. The minimum absolute atomic E-state index is 0.0748. The number of rotatable bonds is 4. The summed E-state index contributed by atoms with van der Waals surface area (Å²) in [6.45, 7) is 0.259. The van der Waals surface area contributed by atoms with Crippen LogP contribution in [0.15, 0.2) is 23.1 Å². The molecule has 1 aromatic rings. The second-order valence-corrected chi connectivity index (χ2v) is 5.78. The molecule has 0 aliphatic heterocycles. The van der Waals surface area contributed by atoms with Gasteiger partial charge in [-0.25, -0.2) is 13.1 Å². The summed E-state index contributed by atoms with van der Waals surface area (Å²) in [5.41, 5.74) is 0.253. The van der Waals surface area contributed by atoms with Crippen LogP contribution < -0.4 is 4.72 Å². The molecule has 0 saturated heterocycles. The van der Waals surface area contributed by atoms with Crippen molar-refractivity contribution in [1.82, 2.24) is 4.72 Å². The Labute approximate surface area is 107 Å². The molecular weight excluding hydrogens is 316 g/mol. The fourth-order valence-corrected chi connectivity index (χ4v) is 3.05. The highest BCUT2D eigenvalue weighted by Crippen LogP contribution is 2.22. The fourth-order valence-electron chi connectivity index (χ4n) is 1.03. The van der Waals surface area contributed by atoms with Crippen molar-refractivity contribution in [2.75, 3.05) is 11.9 Å². The summed E-state index contributed by atoms with van der Waals surface area (Å²) >= 11 is 8.89. The quantitative estimate of drug-likeness (QED) is 0.860. The fraction of sp³-hybridized carbons (Fsp3) is 0.222. The highest BCUT2D eigenvalue weighted by Gasteiger charge is 2.17. The van der Waals surface area contributed by atoms with Crippen LogP contribution in [0.1, 0.15) is 5.56 Å². The van der Waals surface area contributed by atoms with Crippen LogP contribution in [0.3, 0.4) is 0 Å². The number of nitrogens with one attached hydrogen (secondary N) is 1. The first-order valence-electron chi connectivity index (χ1n) is 4.26. The van der Waals surface area contributed by atoms with Crippen molar-refractivity contribution in [1.29, 1.82) is 5.26 Å². The van der Waals surface area contributed by atoms with Crippen LogP contribution >= 0.6 is 27.5 Å². The van der Waals surface area contributed by atoms with Gasteiger partial charge >= 0.3 is 0 Å². The number of halogens is 2. The molecule has 0 aliphatic carbocycles. The van der Waals surface area contributed by atoms with Gasteiger partial charge in [-0.15, -0.1) is 0 Å². The zero-order valence-electron chi connectivity index (χ0n) is 8.07. The maximum atomic E-state index is 11.8. The predicted molar refractivity (Wildman–Crippen MR) is 65.1 cm³/mol. The first kappa shape index (κ1) is 13.5. The Hall–Kier alpha value is -0.610. The SMILES string of the molecule is N#Cc1ccc(Cl)c(S(=O)(=O)NCCBr)c1. The molecule has 86 valence electrons. The van der Waals surface area contributed by atoms with Gasteiger partial charge in [-0.3, -0.25) is 0 Å². The van der Waals surface area contributed by atoms with Gasteiger partial charge in [0.25, 0.3) is 0 Å². The van der Waals surface area contributed by atoms with E-state index in [1.807, 2.05) is 6.07 Å². The standard InChI is InChI=1S/C9H8BrClN2O2S/c10-3-4-13-16(14,15)9-5-7(6-12)1-2-8(9)11/h1-2,5,13H,3-4H2. The molecule has 0 spiro atoms. The van der Waals surface area contributed by atoms with E-state index in [-0.39, 0.29) is 22.0 Å². The maximum absolute atomic E-state index is 11.8. The number of benzene rings is 1.